The molecule has 2 rings (SSSR count). The van der Waals surface area contributed by atoms with Crippen molar-refractivity contribution in [1.29, 1.82) is 0 Å². The second-order valence-electron chi connectivity index (χ2n) is 9.23. The zero-order valence-electron chi connectivity index (χ0n) is 24.6. The number of carboxylic acid groups (broad SMARTS) is 1. The number of unbranched alkanes of at least 4 members (excludes halogenated alkanes) is 3. The predicted octanol–water partition coefficient (Wildman–Crippen LogP) is 6.56. The quantitative estimate of drug-likeness (QED) is 0.0960. The van der Waals surface area contributed by atoms with E-state index in [0.29, 0.717) is 52.0 Å². The predicted molar refractivity (Wildman–Crippen MR) is 162 cm³/mol. The molecule has 9 nitrogen and oxygen atoms in total. The van der Waals surface area contributed by atoms with Crippen molar-refractivity contribution in [2.24, 2.45) is 0 Å². The van der Waals surface area contributed by atoms with Crippen LogP contribution in [0.5, 0.6) is 5.75 Å². The SMILES string of the molecule is CCO[Si](CCCNC(=O)OCCCCCCOc1ccc(-c2ccc(/C=C/C(=O)O)cc2)cc1)(OCC)OCC. The van der Waals surface area contributed by atoms with E-state index in [1.165, 1.54) is 0 Å². The molecule has 0 aliphatic carbocycles. The third-order valence-electron chi connectivity index (χ3n) is 6.08. The molecule has 2 N–H and O–H groups in total. The van der Waals surface area contributed by atoms with Crippen molar-refractivity contribution in [3.63, 3.8) is 0 Å². The minimum Gasteiger partial charge on any atom is -0.494 e. The van der Waals surface area contributed by atoms with Crippen LogP contribution in [-0.4, -0.2) is 65.6 Å². The van der Waals surface area contributed by atoms with E-state index in [1.54, 1.807) is 6.08 Å². The fourth-order valence-corrected chi connectivity index (χ4v) is 6.77. The van der Waals surface area contributed by atoms with Crippen molar-refractivity contribution < 1.29 is 37.4 Å². The first-order valence-electron chi connectivity index (χ1n) is 14.5. The highest BCUT2D eigenvalue weighted by Gasteiger charge is 2.39. The van der Waals surface area contributed by atoms with Crippen LogP contribution in [0.3, 0.4) is 0 Å². The molecule has 41 heavy (non-hydrogen) atoms. The van der Waals surface area contributed by atoms with Gasteiger partial charge in [0, 0.05) is 38.5 Å². The summed E-state index contributed by atoms with van der Waals surface area (Å²) in [6, 6.07) is 16.3. The Bertz CT molecular complexity index is 1030. The maximum Gasteiger partial charge on any atom is 0.500 e. The van der Waals surface area contributed by atoms with Gasteiger partial charge in [0.1, 0.15) is 5.75 Å². The normalized spacial score (nSPS) is 11.5. The molecule has 0 aliphatic heterocycles. The topological polar surface area (TPSA) is 113 Å². The monoisotopic (exact) mass is 587 g/mol. The summed E-state index contributed by atoms with van der Waals surface area (Å²) in [6.45, 7) is 8.90. The number of hydrogen-bond donors (Lipinski definition) is 2. The van der Waals surface area contributed by atoms with E-state index in [0.717, 1.165) is 54.2 Å². The van der Waals surface area contributed by atoms with Gasteiger partial charge in [0.05, 0.1) is 13.2 Å². The number of ether oxygens (including phenoxy) is 2. The second kappa shape index (κ2) is 19.8. The molecule has 0 heterocycles. The molecule has 0 aromatic heterocycles. The Hall–Kier alpha value is -3.18. The number of carbonyl (C=O) groups is 2. The highest BCUT2D eigenvalue weighted by Crippen LogP contribution is 2.23. The summed E-state index contributed by atoms with van der Waals surface area (Å²) in [7, 11) is -2.68. The molecule has 0 radical (unpaired) electrons. The fraction of sp³-hybridized carbons (Fsp3) is 0.484. The van der Waals surface area contributed by atoms with E-state index in [1.807, 2.05) is 69.3 Å². The smallest absolute Gasteiger partial charge is 0.494 e. The van der Waals surface area contributed by atoms with Crippen LogP contribution in [0.4, 0.5) is 4.79 Å². The van der Waals surface area contributed by atoms with Crippen molar-refractivity contribution in [2.75, 3.05) is 39.6 Å². The highest BCUT2D eigenvalue weighted by molar-refractivity contribution is 6.60. The van der Waals surface area contributed by atoms with Crippen LogP contribution in [0.2, 0.25) is 6.04 Å². The minimum absolute atomic E-state index is 0.389. The molecule has 0 bridgehead atoms. The number of carboxylic acids is 1. The Morgan fingerprint density at radius 3 is 1.90 bits per heavy atom. The van der Waals surface area contributed by atoms with Crippen molar-refractivity contribution in [2.45, 2.75) is 58.9 Å². The average molecular weight is 588 g/mol. The van der Waals surface area contributed by atoms with Gasteiger partial charge in [-0.3, -0.25) is 0 Å². The molecule has 2 aromatic rings. The Morgan fingerprint density at radius 2 is 1.34 bits per heavy atom. The molecule has 0 fully saturated rings. The van der Waals surface area contributed by atoms with Crippen LogP contribution in [-0.2, 0) is 22.8 Å². The van der Waals surface area contributed by atoms with Gasteiger partial charge in [-0.05, 0) is 87.8 Å². The molecule has 2 aromatic carbocycles. The van der Waals surface area contributed by atoms with Crippen LogP contribution in [0, 0.1) is 0 Å². The molecule has 1 amide bonds. The van der Waals surface area contributed by atoms with E-state index in [2.05, 4.69) is 5.32 Å². The number of hydrogen-bond acceptors (Lipinski definition) is 7. The fourth-order valence-electron chi connectivity index (χ4n) is 4.16. The third-order valence-corrected chi connectivity index (χ3v) is 9.23. The maximum atomic E-state index is 12.0. The first kappa shape index (κ1) is 34.0. The molecule has 10 heteroatoms. The standard InChI is InChI=1S/C31H45NO8Si/c1-4-38-41(39-5-2,40-6-3)25-11-22-32-31(35)37-24-10-8-7-9-23-36-29-19-17-28(18-20-29)27-15-12-26(13-16-27)14-21-30(33)34/h12-21H,4-11,22-25H2,1-3H3,(H,32,35)(H,33,34)/b21-14+. The Balaban J connectivity index is 1.54. The summed E-state index contributed by atoms with van der Waals surface area (Å²) in [5.41, 5.74) is 2.95. The largest absolute Gasteiger partial charge is 0.500 e. The lowest BCUT2D eigenvalue weighted by Gasteiger charge is -2.28. The lowest BCUT2D eigenvalue weighted by Crippen LogP contribution is -2.46. The number of nitrogens with one attached hydrogen (secondary N) is 1. The van der Waals surface area contributed by atoms with Crippen LogP contribution in [0.15, 0.2) is 54.6 Å². The van der Waals surface area contributed by atoms with Crippen LogP contribution in [0.1, 0.15) is 58.4 Å². The van der Waals surface area contributed by atoms with E-state index in [9.17, 15) is 9.59 Å². The van der Waals surface area contributed by atoms with Gasteiger partial charge in [0.25, 0.3) is 0 Å². The van der Waals surface area contributed by atoms with Crippen molar-refractivity contribution >= 4 is 26.9 Å². The minimum atomic E-state index is -2.68. The summed E-state index contributed by atoms with van der Waals surface area (Å²) < 4.78 is 28.6. The van der Waals surface area contributed by atoms with Gasteiger partial charge in [-0.15, -0.1) is 0 Å². The van der Waals surface area contributed by atoms with Gasteiger partial charge < -0.3 is 33.2 Å². The number of rotatable bonds is 21. The lowest BCUT2D eigenvalue weighted by atomic mass is 10.0. The molecule has 226 valence electrons. The van der Waals surface area contributed by atoms with Crippen LogP contribution in [0.25, 0.3) is 17.2 Å². The first-order chi connectivity index (χ1) is 19.9. The molecule has 0 saturated carbocycles. The van der Waals surface area contributed by atoms with Crippen molar-refractivity contribution in [1.82, 2.24) is 5.32 Å². The van der Waals surface area contributed by atoms with Gasteiger partial charge in [0.2, 0.25) is 0 Å². The zero-order valence-corrected chi connectivity index (χ0v) is 25.6. The zero-order chi connectivity index (χ0) is 29.8. The molecular weight excluding hydrogens is 542 g/mol. The van der Waals surface area contributed by atoms with E-state index in [4.69, 9.17) is 27.9 Å². The van der Waals surface area contributed by atoms with Gasteiger partial charge in [-0.25, -0.2) is 9.59 Å². The third kappa shape index (κ3) is 13.8. The van der Waals surface area contributed by atoms with E-state index >= 15 is 0 Å². The molecular formula is C31H45NO8Si. The van der Waals surface area contributed by atoms with Gasteiger partial charge in [-0.1, -0.05) is 36.4 Å². The van der Waals surface area contributed by atoms with Crippen molar-refractivity contribution in [3.05, 3.63) is 60.2 Å². The van der Waals surface area contributed by atoms with Gasteiger partial charge >= 0.3 is 20.9 Å². The first-order valence-corrected chi connectivity index (χ1v) is 16.4. The van der Waals surface area contributed by atoms with Gasteiger partial charge in [-0.2, -0.15) is 0 Å². The number of amides is 1. The maximum absolute atomic E-state index is 12.0. The molecule has 0 atom stereocenters. The summed E-state index contributed by atoms with van der Waals surface area (Å²) in [5, 5.41) is 11.5. The van der Waals surface area contributed by atoms with E-state index < -0.39 is 20.9 Å². The Morgan fingerprint density at radius 1 is 0.780 bits per heavy atom. The molecule has 0 aliphatic rings. The number of aliphatic carboxylic acids is 1. The number of carbonyl (C=O) groups excluding carboxylic acids is 1. The summed E-state index contributed by atoms with van der Waals surface area (Å²) in [4.78, 5) is 22.6. The highest BCUT2D eigenvalue weighted by atomic mass is 28.4. The van der Waals surface area contributed by atoms with Gasteiger partial charge in [0.15, 0.2) is 0 Å². The molecule has 0 spiro atoms. The summed E-state index contributed by atoms with van der Waals surface area (Å²) in [5.74, 6) is -0.146. The van der Waals surface area contributed by atoms with E-state index in [-0.39, 0.29) is 0 Å². The average Bonchev–Trinajstić information content (AvgIpc) is 2.97. The number of benzene rings is 2. The molecule has 0 unspecified atom stereocenters. The second-order valence-corrected chi connectivity index (χ2v) is 12.0. The van der Waals surface area contributed by atoms with Crippen molar-refractivity contribution in [3.8, 4) is 16.9 Å². The summed E-state index contributed by atoms with van der Waals surface area (Å²) >= 11 is 0. The Labute approximate surface area is 245 Å². The van der Waals surface area contributed by atoms with Crippen LogP contribution >= 0.6 is 0 Å². The lowest BCUT2D eigenvalue weighted by molar-refractivity contribution is -0.131. The summed E-state index contributed by atoms with van der Waals surface area (Å²) in [6.07, 6.45) is 6.67. The Kier molecular flexibility index (Phi) is 16.4. The number of alkyl carbamates (subject to hydrolysis) is 1. The van der Waals surface area contributed by atoms with Crippen LogP contribution < -0.4 is 10.1 Å². The molecule has 0 saturated heterocycles.